The molecular formula is C19H19FN2O3. The molecule has 1 N–H and O–H groups in total. The van der Waals surface area contributed by atoms with Gasteiger partial charge in [0.25, 0.3) is 0 Å². The van der Waals surface area contributed by atoms with Gasteiger partial charge in [-0.1, -0.05) is 12.1 Å². The van der Waals surface area contributed by atoms with Crippen molar-refractivity contribution in [1.82, 2.24) is 9.88 Å². The lowest BCUT2D eigenvalue weighted by Gasteiger charge is -2.39. The minimum Gasteiger partial charge on any atom is -0.481 e. The van der Waals surface area contributed by atoms with Crippen LogP contribution in [0.5, 0.6) is 0 Å². The monoisotopic (exact) mass is 342 g/mol. The van der Waals surface area contributed by atoms with Gasteiger partial charge in [0.1, 0.15) is 5.82 Å². The summed E-state index contributed by atoms with van der Waals surface area (Å²) in [6.07, 6.45) is 4.30. The Bertz CT molecular complexity index is 749. The van der Waals surface area contributed by atoms with Crippen LogP contribution < -0.4 is 0 Å². The van der Waals surface area contributed by atoms with E-state index in [9.17, 15) is 19.1 Å². The van der Waals surface area contributed by atoms with Crippen molar-refractivity contribution in [3.63, 3.8) is 0 Å². The lowest BCUT2D eigenvalue weighted by atomic mass is 9.84. The van der Waals surface area contributed by atoms with Gasteiger partial charge in [0.15, 0.2) is 0 Å². The number of carboxylic acids is 1. The average molecular weight is 342 g/mol. The van der Waals surface area contributed by atoms with Gasteiger partial charge in [-0.05, 0) is 48.2 Å². The topological polar surface area (TPSA) is 70.5 Å². The molecule has 0 spiro atoms. The second-order valence-corrected chi connectivity index (χ2v) is 6.17. The van der Waals surface area contributed by atoms with Crippen LogP contribution in [0.15, 0.2) is 48.8 Å². The molecule has 2 heterocycles. The molecule has 1 aliphatic rings. The number of rotatable bonds is 5. The van der Waals surface area contributed by atoms with Gasteiger partial charge in [0, 0.05) is 25.4 Å². The molecule has 5 nitrogen and oxygen atoms in total. The molecule has 2 aromatic rings. The van der Waals surface area contributed by atoms with Crippen LogP contribution in [0.4, 0.5) is 4.39 Å². The molecule has 1 aromatic heterocycles. The number of nitrogens with zero attached hydrogens (tertiary/aromatic N) is 2. The normalized spacial score (nSPS) is 20.5. The van der Waals surface area contributed by atoms with Crippen LogP contribution in [0.1, 0.15) is 30.0 Å². The van der Waals surface area contributed by atoms with Crippen molar-refractivity contribution in [3.8, 4) is 0 Å². The maximum atomic E-state index is 13.0. The highest BCUT2D eigenvalue weighted by Gasteiger charge is 2.40. The van der Waals surface area contributed by atoms with E-state index in [2.05, 4.69) is 4.98 Å². The first-order valence-corrected chi connectivity index (χ1v) is 8.23. The zero-order valence-corrected chi connectivity index (χ0v) is 13.6. The van der Waals surface area contributed by atoms with Gasteiger partial charge in [0.2, 0.25) is 5.91 Å². The van der Waals surface area contributed by atoms with Crippen molar-refractivity contribution in [2.45, 2.75) is 25.3 Å². The van der Waals surface area contributed by atoms with Crippen molar-refractivity contribution in [2.24, 2.45) is 5.92 Å². The quantitative estimate of drug-likeness (QED) is 0.907. The highest BCUT2D eigenvalue weighted by atomic mass is 19.1. The van der Waals surface area contributed by atoms with E-state index in [1.807, 2.05) is 0 Å². The Balaban J connectivity index is 1.85. The van der Waals surface area contributed by atoms with E-state index in [1.54, 1.807) is 41.6 Å². The Morgan fingerprint density at radius 1 is 1.20 bits per heavy atom. The van der Waals surface area contributed by atoms with E-state index in [1.165, 1.54) is 12.1 Å². The zero-order chi connectivity index (χ0) is 17.8. The third-order valence-corrected chi connectivity index (χ3v) is 4.63. The first kappa shape index (κ1) is 17.1. The minimum absolute atomic E-state index is 0.0542. The number of benzene rings is 1. The van der Waals surface area contributed by atoms with Crippen LogP contribution in [-0.2, 0) is 16.0 Å². The van der Waals surface area contributed by atoms with Crippen LogP contribution in [-0.4, -0.2) is 33.4 Å². The summed E-state index contributed by atoms with van der Waals surface area (Å²) >= 11 is 0. The fraction of sp³-hybridized carbons (Fsp3) is 0.316. The van der Waals surface area contributed by atoms with Gasteiger partial charge in [0.05, 0.1) is 12.0 Å². The SMILES string of the molecule is O=C(O)[C@H]1CCC(=O)N(CCc2ccc(F)cc2)[C@@H]1c1ccncc1. The molecule has 25 heavy (non-hydrogen) atoms. The van der Waals surface area contributed by atoms with Crippen LogP contribution in [0.3, 0.4) is 0 Å². The van der Waals surface area contributed by atoms with Crippen molar-refractivity contribution in [2.75, 3.05) is 6.54 Å². The maximum absolute atomic E-state index is 13.0. The predicted octanol–water partition coefficient (Wildman–Crippen LogP) is 2.83. The second-order valence-electron chi connectivity index (χ2n) is 6.17. The fourth-order valence-corrected chi connectivity index (χ4v) is 3.35. The molecular weight excluding hydrogens is 323 g/mol. The number of aliphatic carboxylic acids is 1. The Kier molecular flexibility index (Phi) is 5.07. The summed E-state index contributed by atoms with van der Waals surface area (Å²) in [5, 5.41) is 9.59. The second kappa shape index (κ2) is 7.42. The molecule has 130 valence electrons. The smallest absolute Gasteiger partial charge is 0.308 e. The summed E-state index contributed by atoms with van der Waals surface area (Å²) in [4.78, 5) is 29.8. The molecule has 0 radical (unpaired) electrons. The number of piperidine rings is 1. The lowest BCUT2D eigenvalue weighted by Crippen LogP contribution is -2.46. The van der Waals surface area contributed by atoms with Crippen LogP contribution in [0, 0.1) is 11.7 Å². The standard InChI is InChI=1S/C19H19FN2O3/c20-15-3-1-13(2-4-15)9-12-22-17(23)6-5-16(19(24)25)18(22)14-7-10-21-11-8-14/h1-4,7-8,10-11,16,18H,5-6,9,12H2,(H,24,25)/t16-,18+/m0/s1. The molecule has 0 saturated carbocycles. The molecule has 0 bridgehead atoms. The zero-order valence-electron chi connectivity index (χ0n) is 13.6. The number of pyridine rings is 1. The largest absolute Gasteiger partial charge is 0.481 e. The van der Waals surface area contributed by atoms with E-state index in [0.717, 1.165) is 11.1 Å². The summed E-state index contributed by atoms with van der Waals surface area (Å²) in [6, 6.07) is 9.12. The van der Waals surface area contributed by atoms with E-state index in [0.29, 0.717) is 19.4 Å². The number of carbonyl (C=O) groups is 2. The summed E-state index contributed by atoms with van der Waals surface area (Å²) in [5.74, 6) is -1.91. The number of carboxylic acid groups (broad SMARTS) is 1. The number of hydrogen-bond donors (Lipinski definition) is 1. The van der Waals surface area contributed by atoms with Crippen molar-refractivity contribution in [1.29, 1.82) is 0 Å². The lowest BCUT2D eigenvalue weighted by molar-refractivity contribution is -0.152. The molecule has 1 saturated heterocycles. The number of aromatic nitrogens is 1. The number of hydrogen-bond acceptors (Lipinski definition) is 3. The molecule has 1 fully saturated rings. The first-order chi connectivity index (χ1) is 12.1. The average Bonchev–Trinajstić information content (AvgIpc) is 2.62. The van der Waals surface area contributed by atoms with E-state index >= 15 is 0 Å². The van der Waals surface area contributed by atoms with Gasteiger partial charge in [-0.3, -0.25) is 14.6 Å². The third kappa shape index (κ3) is 3.84. The van der Waals surface area contributed by atoms with E-state index in [-0.39, 0.29) is 18.1 Å². The molecule has 1 aliphatic heterocycles. The molecule has 0 aliphatic carbocycles. The first-order valence-electron chi connectivity index (χ1n) is 8.23. The summed E-state index contributed by atoms with van der Waals surface area (Å²) < 4.78 is 13.0. The van der Waals surface area contributed by atoms with Gasteiger partial charge in [-0.25, -0.2) is 4.39 Å². The molecule has 1 aromatic carbocycles. The van der Waals surface area contributed by atoms with Crippen LogP contribution >= 0.6 is 0 Å². The number of halogens is 1. The molecule has 0 unspecified atom stereocenters. The van der Waals surface area contributed by atoms with Gasteiger partial charge in [-0.2, -0.15) is 0 Å². The van der Waals surface area contributed by atoms with E-state index < -0.39 is 17.9 Å². The summed E-state index contributed by atoms with van der Waals surface area (Å²) in [7, 11) is 0. The molecule has 6 heteroatoms. The van der Waals surface area contributed by atoms with Crippen LogP contribution in [0.25, 0.3) is 0 Å². The van der Waals surface area contributed by atoms with Gasteiger partial charge in [-0.15, -0.1) is 0 Å². The van der Waals surface area contributed by atoms with Crippen molar-refractivity contribution in [3.05, 3.63) is 65.7 Å². The Hall–Kier alpha value is -2.76. The molecule has 1 amide bonds. The van der Waals surface area contributed by atoms with Gasteiger partial charge >= 0.3 is 5.97 Å². The van der Waals surface area contributed by atoms with E-state index in [4.69, 9.17) is 0 Å². The highest BCUT2D eigenvalue weighted by Crippen LogP contribution is 2.36. The molecule has 3 rings (SSSR count). The molecule has 2 atom stereocenters. The van der Waals surface area contributed by atoms with Gasteiger partial charge < -0.3 is 10.0 Å². The highest BCUT2D eigenvalue weighted by molar-refractivity contribution is 5.81. The Labute approximate surface area is 145 Å². The maximum Gasteiger partial charge on any atom is 0.308 e. The fourth-order valence-electron chi connectivity index (χ4n) is 3.35. The van der Waals surface area contributed by atoms with Crippen molar-refractivity contribution < 1.29 is 19.1 Å². The number of amides is 1. The minimum atomic E-state index is -0.902. The Morgan fingerprint density at radius 3 is 2.52 bits per heavy atom. The van der Waals surface area contributed by atoms with Crippen LogP contribution in [0.2, 0.25) is 0 Å². The Morgan fingerprint density at radius 2 is 1.88 bits per heavy atom. The predicted molar refractivity (Wildman–Crippen MR) is 89.2 cm³/mol. The number of likely N-dealkylation sites (tertiary alicyclic amines) is 1. The number of carbonyl (C=O) groups excluding carboxylic acids is 1. The van der Waals surface area contributed by atoms with Crippen molar-refractivity contribution >= 4 is 11.9 Å². The summed E-state index contributed by atoms with van der Waals surface area (Å²) in [6.45, 7) is 0.390. The third-order valence-electron chi connectivity index (χ3n) is 4.63. The summed E-state index contributed by atoms with van der Waals surface area (Å²) in [5.41, 5.74) is 1.68.